The van der Waals surface area contributed by atoms with Crippen molar-refractivity contribution < 1.29 is 8.78 Å². The van der Waals surface area contributed by atoms with Gasteiger partial charge in [0.2, 0.25) is 0 Å². The third kappa shape index (κ3) is 4.60. The standard InChI is InChI=1S/C9H16F2N2/c1-7(5-12)8(2)13(4)6-9(3,10)11/h5,12H,6H2,1-4H3/b8-7+,12-5?. The Morgan fingerprint density at radius 2 is 1.92 bits per heavy atom. The van der Waals surface area contributed by atoms with Crippen LogP contribution in [0.1, 0.15) is 20.8 Å². The minimum absolute atomic E-state index is 0.315. The SMILES string of the molecule is C/C(C=N)=C(/C)N(C)CC(C)(F)F. The Labute approximate surface area is 77.7 Å². The average molecular weight is 190 g/mol. The van der Waals surface area contributed by atoms with Crippen LogP contribution in [0.5, 0.6) is 0 Å². The molecule has 76 valence electrons. The van der Waals surface area contributed by atoms with Crippen LogP contribution in [0.25, 0.3) is 0 Å². The molecule has 0 saturated carbocycles. The van der Waals surface area contributed by atoms with Crippen molar-refractivity contribution in [3.63, 3.8) is 0 Å². The normalized spacial score (nSPS) is 13.7. The van der Waals surface area contributed by atoms with Crippen LogP contribution in [0.15, 0.2) is 11.3 Å². The maximum absolute atomic E-state index is 12.6. The number of rotatable bonds is 4. The fourth-order valence-corrected chi connectivity index (χ4v) is 0.941. The summed E-state index contributed by atoms with van der Waals surface area (Å²) in [6.07, 6.45) is 1.17. The molecule has 0 aliphatic heterocycles. The molecule has 2 nitrogen and oxygen atoms in total. The first-order valence-corrected chi connectivity index (χ1v) is 4.05. The van der Waals surface area contributed by atoms with E-state index >= 15 is 0 Å². The molecule has 13 heavy (non-hydrogen) atoms. The molecule has 0 unspecified atom stereocenters. The van der Waals surface area contributed by atoms with Gasteiger partial charge in [-0.3, -0.25) is 0 Å². The molecule has 0 aromatic rings. The van der Waals surface area contributed by atoms with Crippen molar-refractivity contribution in [1.82, 2.24) is 4.90 Å². The summed E-state index contributed by atoms with van der Waals surface area (Å²) in [5, 5.41) is 6.97. The Hall–Kier alpha value is -0.930. The molecule has 0 fully saturated rings. The van der Waals surface area contributed by atoms with Gasteiger partial charge in [0.1, 0.15) is 0 Å². The van der Waals surface area contributed by atoms with E-state index in [2.05, 4.69) is 0 Å². The van der Waals surface area contributed by atoms with Crippen molar-refractivity contribution in [3.8, 4) is 0 Å². The fourth-order valence-electron chi connectivity index (χ4n) is 0.941. The molecule has 0 aliphatic rings. The van der Waals surface area contributed by atoms with Crippen LogP contribution in [-0.4, -0.2) is 30.6 Å². The van der Waals surface area contributed by atoms with Gasteiger partial charge in [0.05, 0.1) is 6.54 Å². The number of hydrogen-bond donors (Lipinski definition) is 1. The van der Waals surface area contributed by atoms with E-state index in [1.165, 1.54) is 11.1 Å². The number of allylic oxidation sites excluding steroid dienone is 2. The molecular weight excluding hydrogens is 174 g/mol. The van der Waals surface area contributed by atoms with Gasteiger partial charge in [-0.25, -0.2) is 8.78 Å². The van der Waals surface area contributed by atoms with Crippen molar-refractivity contribution in [2.45, 2.75) is 26.7 Å². The molecule has 0 rings (SSSR count). The lowest BCUT2D eigenvalue weighted by Gasteiger charge is -2.24. The molecule has 0 bridgehead atoms. The van der Waals surface area contributed by atoms with Crippen LogP contribution in [0, 0.1) is 5.41 Å². The highest BCUT2D eigenvalue weighted by atomic mass is 19.3. The Bertz CT molecular complexity index is 216. The van der Waals surface area contributed by atoms with Crippen molar-refractivity contribution in [2.24, 2.45) is 0 Å². The van der Waals surface area contributed by atoms with Gasteiger partial charge in [-0.05, 0) is 19.4 Å². The molecule has 4 heteroatoms. The van der Waals surface area contributed by atoms with Gasteiger partial charge in [0.25, 0.3) is 5.92 Å². The first kappa shape index (κ1) is 12.1. The first-order valence-electron chi connectivity index (χ1n) is 4.05. The van der Waals surface area contributed by atoms with Crippen LogP contribution in [0.3, 0.4) is 0 Å². The quantitative estimate of drug-likeness (QED) is 0.677. The molecule has 0 amide bonds. The van der Waals surface area contributed by atoms with E-state index in [0.29, 0.717) is 11.3 Å². The van der Waals surface area contributed by atoms with E-state index in [4.69, 9.17) is 5.41 Å². The maximum atomic E-state index is 12.6. The van der Waals surface area contributed by atoms with E-state index in [1.807, 2.05) is 0 Å². The summed E-state index contributed by atoms with van der Waals surface area (Å²) in [5.41, 5.74) is 1.41. The van der Waals surface area contributed by atoms with Crippen molar-refractivity contribution in [1.29, 1.82) is 5.41 Å². The van der Waals surface area contributed by atoms with Gasteiger partial charge in [-0.1, -0.05) is 0 Å². The van der Waals surface area contributed by atoms with Crippen LogP contribution < -0.4 is 0 Å². The third-order valence-electron chi connectivity index (χ3n) is 1.87. The zero-order chi connectivity index (χ0) is 10.6. The Morgan fingerprint density at radius 3 is 2.23 bits per heavy atom. The molecule has 0 atom stereocenters. The van der Waals surface area contributed by atoms with Gasteiger partial charge in [-0.2, -0.15) is 0 Å². The molecule has 0 aliphatic carbocycles. The van der Waals surface area contributed by atoms with Gasteiger partial charge >= 0.3 is 0 Å². The predicted molar refractivity (Wildman–Crippen MR) is 50.4 cm³/mol. The highest BCUT2D eigenvalue weighted by molar-refractivity contribution is 5.75. The molecule has 0 spiro atoms. The predicted octanol–water partition coefficient (Wildman–Crippen LogP) is 2.52. The lowest BCUT2D eigenvalue weighted by molar-refractivity contribution is -0.000704. The summed E-state index contributed by atoms with van der Waals surface area (Å²) in [4.78, 5) is 1.46. The molecular formula is C9H16F2N2. The molecule has 0 aromatic heterocycles. The Kier molecular flexibility index (Phi) is 4.04. The monoisotopic (exact) mass is 190 g/mol. The van der Waals surface area contributed by atoms with Gasteiger partial charge in [0.15, 0.2) is 0 Å². The number of halogens is 2. The lowest BCUT2D eigenvalue weighted by Crippen LogP contribution is -2.31. The van der Waals surface area contributed by atoms with Crippen molar-refractivity contribution in [2.75, 3.05) is 13.6 Å². The molecule has 0 saturated heterocycles. The van der Waals surface area contributed by atoms with E-state index in [-0.39, 0.29) is 6.54 Å². The molecule has 0 heterocycles. The highest BCUT2D eigenvalue weighted by Crippen LogP contribution is 2.16. The number of hydrogen-bond acceptors (Lipinski definition) is 2. The Balaban J connectivity index is 4.44. The zero-order valence-corrected chi connectivity index (χ0v) is 8.49. The van der Waals surface area contributed by atoms with Crippen molar-refractivity contribution >= 4 is 6.21 Å². The van der Waals surface area contributed by atoms with Crippen LogP contribution in [0.4, 0.5) is 8.78 Å². The van der Waals surface area contributed by atoms with Crippen LogP contribution in [0.2, 0.25) is 0 Å². The smallest absolute Gasteiger partial charge is 0.262 e. The highest BCUT2D eigenvalue weighted by Gasteiger charge is 2.23. The topological polar surface area (TPSA) is 27.1 Å². The minimum atomic E-state index is -2.70. The number of nitrogens with one attached hydrogen (secondary N) is 1. The van der Waals surface area contributed by atoms with E-state index in [1.54, 1.807) is 20.9 Å². The second-order valence-corrected chi connectivity index (χ2v) is 3.34. The molecule has 0 radical (unpaired) electrons. The van der Waals surface area contributed by atoms with Gasteiger partial charge in [0, 0.05) is 25.9 Å². The number of nitrogens with zero attached hydrogens (tertiary/aromatic N) is 1. The summed E-state index contributed by atoms with van der Waals surface area (Å²) < 4.78 is 25.2. The van der Waals surface area contributed by atoms with Gasteiger partial charge in [-0.15, -0.1) is 0 Å². The maximum Gasteiger partial charge on any atom is 0.262 e. The summed E-state index contributed by atoms with van der Waals surface area (Å²) in [6.45, 7) is 4.03. The zero-order valence-electron chi connectivity index (χ0n) is 8.49. The lowest BCUT2D eigenvalue weighted by atomic mass is 10.2. The van der Waals surface area contributed by atoms with E-state index in [9.17, 15) is 8.78 Å². The fraction of sp³-hybridized carbons (Fsp3) is 0.667. The molecule has 0 aromatic carbocycles. The number of alkyl halides is 2. The summed E-state index contributed by atoms with van der Waals surface area (Å²) >= 11 is 0. The van der Waals surface area contributed by atoms with E-state index < -0.39 is 5.92 Å². The third-order valence-corrected chi connectivity index (χ3v) is 1.87. The second kappa shape index (κ2) is 4.35. The van der Waals surface area contributed by atoms with E-state index in [0.717, 1.165) is 6.92 Å². The van der Waals surface area contributed by atoms with Crippen molar-refractivity contribution in [3.05, 3.63) is 11.3 Å². The summed E-state index contributed by atoms with van der Waals surface area (Å²) in [6, 6.07) is 0. The van der Waals surface area contributed by atoms with Crippen LogP contribution in [-0.2, 0) is 0 Å². The van der Waals surface area contributed by atoms with Crippen LogP contribution >= 0.6 is 0 Å². The van der Waals surface area contributed by atoms with Gasteiger partial charge < -0.3 is 10.3 Å². The minimum Gasteiger partial charge on any atom is -0.372 e. The second-order valence-electron chi connectivity index (χ2n) is 3.34. The molecule has 1 N–H and O–H groups in total. The summed E-state index contributed by atoms with van der Waals surface area (Å²) in [7, 11) is 1.60. The Morgan fingerprint density at radius 1 is 1.46 bits per heavy atom. The largest absolute Gasteiger partial charge is 0.372 e. The average Bonchev–Trinajstić information content (AvgIpc) is 1.98. The first-order chi connectivity index (χ1) is 5.78. The summed E-state index contributed by atoms with van der Waals surface area (Å²) in [5.74, 6) is -2.70.